The second-order valence-corrected chi connectivity index (χ2v) is 6.63. The fraction of sp³-hybridized carbons (Fsp3) is 0.286. The quantitative estimate of drug-likeness (QED) is 0.872. The first-order valence-electron chi connectivity index (χ1n) is 6.57. The Bertz CT molecular complexity index is 796. The van der Waals surface area contributed by atoms with Gasteiger partial charge in [-0.25, -0.2) is 13.1 Å². The minimum Gasteiger partial charge on any atom is -0.361 e. The summed E-state index contributed by atoms with van der Waals surface area (Å²) in [6.07, 6.45) is 1.48. The van der Waals surface area contributed by atoms with Crippen LogP contribution in [0, 0.1) is 13.8 Å². The summed E-state index contributed by atoms with van der Waals surface area (Å²) in [5, 5.41) is 6.21. The number of benzene rings is 1. The molecule has 1 aromatic carbocycles. The molecule has 2 N–H and O–H groups in total. The molecule has 0 unspecified atom stereocenters. The van der Waals surface area contributed by atoms with Gasteiger partial charge in [0.25, 0.3) is 0 Å². The van der Waals surface area contributed by atoms with Gasteiger partial charge in [0, 0.05) is 24.7 Å². The van der Waals surface area contributed by atoms with Gasteiger partial charge in [-0.3, -0.25) is 4.79 Å². The first-order chi connectivity index (χ1) is 10.3. The van der Waals surface area contributed by atoms with E-state index >= 15 is 0 Å². The summed E-state index contributed by atoms with van der Waals surface area (Å²) < 4.78 is 32.1. The zero-order valence-electron chi connectivity index (χ0n) is 12.5. The van der Waals surface area contributed by atoms with Crippen LogP contribution in [0.15, 0.2) is 33.8 Å². The van der Waals surface area contributed by atoms with Crippen molar-refractivity contribution in [2.75, 3.05) is 5.32 Å². The van der Waals surface area contributed by atoms with Gasteiger partial charge in [-0.1, -0.05) is 5.16 Å². The molecule has 7 nitrogen and oxygen atoms in total. The van der Waals surface area contributed by atoms with Crippen LogP contribution in [-0.2, 0) is 21.4 Å². The number of nitrogens with one attached hydrogen (secondary N) is 2. The molecule has 0 fully saturated rings. The average molecular weight is 323 g/mol. The number of nitrogens with zero attached hydrogens (tertiary/aromatic N) is 1. The normalized spacial score (nSPS) is 11.4. The summed E-state index contributed by atoms with van der Waals surface area (Å²) in [4.78, 5) is 11.2. The van der Waals surface area contributed by atoms with E-state index in [9.17, 15) is 13.2 Å². The van der Waals surface area contributed by atoms with Crippen LogP contribution in [0.5, 0.6) is 0 Å². The van der Waals surface area contributed by atoms with E-state index in [2.05, 4.69) is 15.2 Å². The molecule has 1 amide bonds. The van der Waals surface area contributed by atoms with E-state index < -0.39 is 10.0 Å². The van der Waals surface area contributed by atoms with Crippen LogP contribution < -0.4 is 10.0 Å². The molecule has 1 heterocycles. The molecule has 22 heavy (non-hydrogen) atoms. The van der Waals surface area contributed by atoms with E-state index in [0.29, 0.717) is 22.6 Å². The van der Waals surface area contributed by atoms with Gasteiger partial charge in [0.05, 0.1) is 11.1 Å². The van der Waals surface area contributed by atoms with Crippen LogP contribution in [0.4, 0.5) is 5.69 Å². The summed E-state index contributed by atoms with van der Waals surface area (Å²) in [6.45, 7) is 4.88. The number of carbonyl (C=O) groups excluding carboxylic acids is 1. The van der Waals surface area contributed by atoms with Crippen molar-refractivity contribution in [3.63, 3.8) is 0 Å². The summed E-state index contributed by atoms with van der Waals surface area (Å²) in [5.74, 6) is 0.358. The summed E-state index contributed by atoms with van der Waals surface area (Å²) in [7, 11) is -3.66. The van der Waals surface area contributed by atoms with E-state index in [1.54, 1.807) is 26.0 Å². The van der Waals surface area contributed by atoms with E-state index in [1.165, 1.54) is 19.2 Å². The topological polar surface area (TPSA) is 101 Å². The highest BCUT2D eigenvalue weighted by Gasteiger charge is 2.18. The van der Waals surface area contributed by atoms with Crippen LogP contribution >= 0.6 is 0 Å². The van der Waals surface area contributed by atoms with Gasteiger partial charge in [-0.05, 0) is 37.6 Å². The van der Waals surface area contributed by atoms with Crippen molar-refractivity contribution in [2.45, 2.75) is 32.2 Å². The molecule has 0 aliphatic heterocycles. The Kier molecular flexibility index (Phi) is 4.62. The van der Waals surface area contributed by atoms with E-state index in [4.69, 9.17) is 4.52 Å². The fourth-order valence-electron chi connectivity index (χ4n) is 1.97. The van der Waals surface area contributed by atoms with Crippen LogP contribution in [0.3, 0.4) is 0 Å². The second-order valence-electron chi connectivity index (χ2n) is 4.89. The summed E-state index contributed by atoms with van der Waals surface area (Å²) in [6, 6.07) is 4.62. The van der Waals surface area contributed by atoms with Gasteiger partial charge in [-0.15, -0.1) is 0 Å². The Morgan fingerprint density at radius 2 is 2.05 bits per heavy atom. The zero-order chi connectivity index (χ0) is 16.3. The SMILES string of the molecule is CC(=O)Nc1ccc(S(=O)(=O)NCc2cnoc2C)c(C)c1. The predicted molar refractivity (Wildman–Crippen MR) is 80.7 cm³/mol. The highest BCUT2D eigenvalue weighted by molar-refractivity contribution is 7.89. The van der Waals surface area contributed by atoms with E-state index in [-0.39, 0.29) is 17.3 Å². The average Bonchev–Trinajstić information content (AvgIpc) is 2.81. The number of hydrogen-bond acceptors (Lipinski definition) is 5. The first-order valence-corrected chi connectivity index (χ1v) is 8.06. The lowest BCUT2D eigenvalue weighted by Crippen LogP contribution is -2.24. The number of aromatic nitrogens is 1. The molecule has 0 aliphatic rings. The molecule has 1 aromatic heterocycles. The number of anilines is 1. The minimum atomic E-state index is -3.66. The highest BCUT2D eigenvalue weighted by Crippen LogP contribution is 2.20. The molecule has 118 valence electrons. The summed E-state index contributed by atoms with van der Waals surface area (Å²) >= 11 is 0. The third-order valence-electron chi connectivity index (χ3n) is 3.09. The van der Waals surface area contributed by atoms with Gasteiger partial charge in [0.1, 0.15) is 5.76 Å². The molecule has 0 atom stereocenters. The molecular formula is C14H17N3O4S. The van der Waals surface area contributed by atoms with Gasteiger partial charge in [-0.2, -0.15) is 0 Å². The fourth-order valence-corrected chi connectivity index (χ4v) is 3.20. The van der Waals surface area contributed by atoms with Crippen LogP contribution in [-0.4, -0.2) is 19.5 Å². The van der Waals surface area contributed by atoms with Crippen molar-refractivity contribution < 1.29 is 17.7 Å². The number of hydrogen-bond donors (Lipinski definition) is 2. The molecule has 0 radical (unpaired) electrons. The Hall–Kier alpha value is -2.19. The van der Waals surface area contributed by atoms with Crippen molar-refractivity contribution in [3.8, 4) is 0 Å². The standard InChI is InChI=1S/C14H17N3O4S/c1-9-6-13(17-11(3)18)4-5-14(9)22(19,20)16-8-12-7-15-21-10(12)2/h4-7,16H,8H2,1-3H3,(H,17,18). The molecular weight excluding hydrogens is 306 g/mol. The maximum Gasteiger partial charge on any atom is 0.241 e. The van der Waals surface area contributed by atoms with Crippen molar-refractivity contribution in [2.24, 2.45) is 0 Å². The largest absolute Gasteiger partial charge is 0.361 e. The van der Waals surface area contributed by atoms with Gasteiger partial charge < -0.3 is 9.84 Å². The Labute approximate surface area is 128 Å². The van der Waals surface area contributed by atoms with Gasteiger partial charge in [0.15, 0.2) is 0 Å². The van der Waals surface area contributed by atoms with Crippen LogP contribution in [0.2, 0.25) is 0 Å². The Morgan fingerprint density at radius 3 is 2.59 bits per heavy atom. The molecule has 2 rings (SSSR count). The second kappa shape index (κ2) is 6.29. The van der Waals surface area contributed by atoms with Crippen LogP contribution in [0.1, 0.15) is 23.8 Å². The zero-order valence-corrected chi connectivity index (χ0v) is 13.3. The maximum absolute atomic E-state index is 12.3. The van der Waals surface area contributed by atoms with Gasteiger partial charge >= 0.3 is 0 Å². The Balaban J connectivity index is 2.18. The molecule has 0 spiro atoms. The first kappa shape index (κ1) is 16.2. The Morgan fingerprint density at radius 1 is 1.32 bits per heavy atom. The molecule has 8 heteroatoms. The monoisotopic (exact) mass is 323 g/mol. The number of rotatable bonds is 5. The lowest BCUT2D eigenvalue weighted by molar-refractivity contribution is -0.114. The molecule has 0 aliphatic carbocycles. The minimum absolute atomic E-state index is 0.102. The van der Waals surface area contributed by atoms with Gasteiger partial charge in [0.2, 0.25) is 15.9 Å². The molecule has 0 saturated heterocycles. The number of amides is 1. The molecule has 2 aromatic rings. The summed E-state index contributed by atoms with van der Waals surface area (Å²) in [5.41, 5.74) is 1.77. The van der Waals surface area contributed by atoms with Crippen molar-refractivity contribution in [1.82, 2.24) is 9.88 Å². The van der Waals surface area contributed by atoms with E-state index in [1.807, 2.05) is 0 Å². The van der Waals surface area contributed by atoms with Crippen LogP contribution in [0.25, 0.3) is 0 Å². The predicted octanol–water partition coefficient (Wildman–Crippen LogP) is 1.73. The lowest BCUT2D eigenvalue weighted by atomic mass is 10.2. The third-order valence-corrected chi connectivity index (χ3v) is 4.65. The third kappa shape index (κ3) is 3.71. The van der Waals surface area contributed by atoms with E-state index in [0.717, 1.165) is 0 Å². The number of carbonyl (C=O) groups is 1. The molecule has 0 saturated carbocycles. The number of aryl methyl sites for hydroxylation is 2. The maximum atomic E-state index is 12.3. The van der Waals surface area contributed by atoms with Crippen molar-refractivity contribution in [1.29, 1.82) is 0 Å². The van der Waals surface area contributed by atoms with Crippen molar-refractivity contribution >= 4 is 21.6 Å². The molecule has 0 bridgehead atoms. The van der Waals surface area contributed by atoms with Crippen molar-refractivity contribution in [3.05, 3.63) is 41.3 Å². The smallest absolute Gasteiger partial charge is 0.241 e. The highest BCUT2D eigenvalue weighted by atomic mass is 32.2. The lowest BCUT2D eigenvalue weighted by Gasteiger charge is -2.10. The number of sulfonamides is 1.